The van der Waals surface area contributed by atoms with Crippen molar-refractivity contribution in [1.29, 1.82) is 0 Å². The molecule has 0 amide bonds. The summed E-state index contributed by atoms with van der Waals surface area (Å²) in [6, 6.07) is 76.3. The van der Waals surface area contributed by atoms with Crippen LogP contribution in [0.25, 0.3) is 49.4 Å². The number of aromatic nitrogens is 2. The van der Waals surface area contributed by atoms with Gasteiger partial charge in [0.05, 0.1) is 0 Å². The Morgan fingerprint density at radius 3 is 1.90 bits per heavy atom. The fourth-order valence-electron chi connectivity index (χ4n) is 8.51. The number of ether oxygens (including phenoxy) is 1. The van der Waals surface area contributed by atoms with E-state index in [1.807, 2.05) is 42.6 Å². The number of para-hydroxylation sites is 4. The SMILES string of the molecule is Cc1ccc([N-]C(c2ccccn2)n2c3[c-]c(Oc4[c-]c(N5[CH-]N(c6c(-c7ccccc7)cccc6-c6ccccc6)c6ccccc65)ccc4)ccc3c3ccccc32)cc1.[Pt+4]. The van der Waals surface area contributed by atoms with Crippen LogP contribution in [-0.2, 0) is 21.1 Å². The molecule has 10 aromatic rings. The molecule has 3 heterocycles. The van der Waals surface area contributed by atoms with Crippen LogP contribution in [0.2, 0.25) is 0 Å². The Labute approximate surface area is 381 Å². The molecule has 1 atom stereocenters. The zero-order valence-electron chi connectivity index (χ0n) is 34.2. The Morgan fingerprint density at radius 1 is 0.556 bits per heavy atom. The van der Waals surface area contributed by atoms with Gasteiger partial charge in [0.2, 0.25) is 0 Å². The zero-order chi connectivity index (χ0) is 41.4. The van der Waals surface area contributed by atoms with Gasteiger partial charge < -0.3 is 24.4 Å². The first-order valence-corrected chi connectivity index (χ1v) is 20.8. The third-order valence-corrected chi connectivity index (χ3v) is 11.4. The first-order chi connectivity index (χ1) is 30.7. The molecule has 1 unspecified atom stereocenters. The van der Waals surface area contributed by atoms with E-state index in [1.54, 1.807) is 0 Å². The van der Waals surface area contributed by atoms with Crippen molar-refractivity contribution in [2.45, 2.75) is 13.1 Å². The van der Waals surface area contributed by atoms with E-state index in [0.29, 0.717) is 11.5 Å². The van der Waals surface area contributed by atoms with Crippen LogP contribution in [-0.4, -0.2) is 9.55 Å². The number of pyridine rings is 1. The minimum atomic E-state index is -0.453. The molecule has 6 nitrogen and oxygen atoms in total. The maximum Gasteiger partial charge on any atom is 4.00 e. The smallest absolute Gasteiger partial charge is 0.660 e. The molecule has 0 fully saturated rings. The van der Waals surface area contributed by atoms with E-state index >= 15 is 0 Å². The topological polar surface area (TPSA) is 47.6 Å². The number of anilines is 4. The standard InChI is InChI=1S/C56H39N5O.Pt/c1-39-29-31-42(32-30-39)58-56(50-25-12-13-35-57-50)61-51-26-9-8-22-48(51)49-34-33-45(37-54(49)61)62-44-21-14-20-43(36-44)59-38-60(53-28-11-10-27-52(53)59)55-46(40-16-4-2-5-17-40)23-15-24-47(55)41-18-6-3-7-19-41;/h2-35,38,56H,1H3;/q-4;+4. The number of nitrogens with zero attached hydrogens (tertiary/aromatic N) is 5. The number of hydrogen-bond donors (Lipinski definition) is 0. The summed E-state index contributed by atoms with van der Waals surface area (Å²) in [5.41, 5.74) is 13.4. The van der Waals surface area contributed by atoms with Gasteiger partial charge in [0.25, 0.3) is 0 Å². The number of rotatable bonds is 10. The molecule has 304 valence electrons. The van der Waals surface area contributed by atoms with E-state index in [9.17, 15) is 0 Å². The molecule has 63 heavy (non-hydrogen) atoms. The summed E-state index contributed by atoms with van der Waals surface area (Å²) in [6.45, 7) is 4.25. The van der Waals surface area contributed by atoms with E-state index in [4.69, 9.17) is 15.0 Å². The van der Waals surface area contributed by atoms with Gasteiger partial charge in [0.1, 0.15) is 0 Å². The van der Waals surface area contributed by atoms with Crippen molar-refractivity contribution < 1.29 is 25.8 Å². The van der Waals surface area contributed by atoms with Gasteiger partial charge in [-0.05, 0) is 53.8 Å². The summed E-state index contributed by atoms with van der Waals surface area (Å²) >= 11 is 0. The van der Waals surface area contributed by atoms with E-state index in [0.717, 1.165) is 78.2 Å². The van der Waals surface area contributed by atoms with Crippen molar-refractivity contribution in [2.75, 3.05) is 9.80 Å². The van der Waals surface area contributed by atoms with Crippen LogP contribution in [0.1, 0.15) is 17.4 Å². The quantitative estimate of drug-likeness (QED) is 0.128. The predicted octanol–water partition coefficient (Wildman–Crippen LogP) is 14.9. The zero-order valence-corrected chi connectivity index (χ0v) is 36.5. The fraction of sp³-hybridized carbons (Fsp3) is 0.0357. The van der Waals surface area contributed by atoms with Crippen molar-refractivity contribution in [3.63, 3.8) is 0 Å². The van der Waals surface area contributed by atoms with Crippen molar-refractivity contribution in [1.82, 2.24) is 9.55 Å². The molecule has 0 spiro atoms. The molecule has 0 saturated carbocycles. The first-order valence-electron chi connectivity index (χ1n) is 20.8. The molecule has 0 N–H and O–H groups in total. The molecular formula is C56H39N5OPt. The number of aryl methyl sites for hydroxylation is 1. The van der Waals surface area contributed by atoms with Gasteiger partial charge in [-0.2, -0.15) is 12.1 Å². The van der Waals surface area contributed by atoms with Crippen LogP contribution in [0, 0.1) is 25.7 Å². The van der Waals surface area contributed by atoms with Gasteiger partial charge in [-0.25, -0.2) is 0 Å². The molecule has 0 radical (unpaired) electrons. The van der Waals surface area contributed by atoms with Crippen molar-refractivity contribution in [2.24, 2.45) is 0 Å². The second-order valence-electron chi connectivity index (χ2n) is 15.3. The molecule has 11 rings (SSSR count). The molecule has 8 aromatic carbocycles. The van der Waals surface area contributed by atoms with Crippen LogP contribution in [0.4, 0.5) is 28.4 Å². The Bertz CT molecular complexity index is 3130. The summed E-state index contributed by atoms with van der Waals surface area (Å²) in [5, 5.41) is 7.46. The van der Waals surface area contributed by atoms with Crippen molar-refractivity contribution >= 4 is 50.2 Å². The summed E-state index contributed by atoms with van der Waals surface area (Å²) in [6.07, 6.45) is 1.37. The number of benzene rings is 8. The Kier molecular flexibility index (Phi) is 10.8. The molecule has 0 bridgehead atoms. The molecule has 0 saturated heterocycles. The van der Waals surface area contributed by atoms with Crippen LogP contribution >= 0.6 is 0 Å². The minimum Gasteiger partial charge on any atom is -0.660 e. The normalized spacial score (nSPS) is 12.5. The summed E-state index contributed by atoms with van der Waals surface area (Å²) in [7, 11) is 0. The van der Waals surface area contributed by atoms with E-state index in [-0.39, 0.29) is 21.1 Å². The Balaban J connectivity index is 0.00000471. The van der Waals surface area contributed by atoms with Gasteiger partial charge in [0, 0.05) is 63.3 Å². The van der Waals surface area contributed by atoms with E-state index in [1.165, 1.54) is 5.56 Å². The van der Waals surface area contributed by atoms with Crippen LogP contribution in [0.5, 0.6) is 11.5 Å². The summed E-state index contributed by atoms with van der Waals surface area (Å²) in [5.74, 6) is 1.15. The maximum atomic E-state index is 6.68. The van der Waals surface area contributed by atoms with Gasteiger partial charge in [-0.15, -0.1) is 53.8 Å². The van der Waals surface area contributed by atoms with Crippen LogP contribution < -0.4 is 14.5 Å². The summed E-state index contributed by atoms with van der Waals surface area (Å²) < 4.78 is 8.91. The van der Waals surface area contributed by atoms with Crippen LogP contribution in [0.3, 0.4) is 0 Å². The van der Waals surface area contributed by atoms with Gasteiger partial charge in [0.15, 0.2) is 0 Å². The molecule has 1 aliphatic rings. The molecule has 7 heteroatoms. The molecule has 0 aliphatic carbocycles. The van der Waals surface area contributed by atoms with Gasteiger partial charge in [-0.1, -0.05) is 151 Å². The number of fused-ring (bicyclic) bond motifs is 4. The minimum absolute atomic E-state index is 0. The maximum absolute atomic E-state index is 6.68. The Morgan fingerprint density at radius 2 is 1.19 bits per heavy atom. The predicted molar refractivity (Wildman–Crippen MR) is 253 cm³/mol. The van der Waals surface area contributed by atoms with E-state index in [2.05, 4.69) is 204 Å². The summed E-state index contributed by atoms with van der Waals surface area (Å²) in [4.78, 5) is 9.30. The van der Waals surface area contributed by atoms with Crippen molar-refractivity contribution in [3.8, 4) is 33.8 Å². The average Bonchev–Trinajstić information content (AvgIpc) is 3.88. The van der Waals surface area contributed by atoms with Crippen LogP contribution in [0.15, 0.2) is 206 Å². The largest absolute Gasteiger partial charge is 4.00 e. The Hall–Kier alpha value is -7.40. The molecular weight excluding hydrogens is 954 g/mol. The second-order valence-corrected chi connectivity index (χ2v) is 15.3. The third-order valence-electron chi connectivity index (χ3n) is 11.4. The molecule has 2 aromatic heterocycles. The van der Waals surface area contributed by atoms with Gasteiger partial charge in [-0.3, -0.25) is 4.98 Å². The third kappa shape index (κ3) is 7.53. The first kappa shape index (κ1) is 39.7. The fourth-order valence-corrected chi connectivity index (χ4v) is 8.51. The van der Waals surface area contributed by atoms with E-state index < -0.39 is 6.17 Å². The number of hydrogen-bond acceptors (Lipinski definition) is 4. The molecule has 1 aliphatic heterocycles. The van der Waals surface area contributed by atoms with Crippen molar-refractivity contribution in [3.05, 3.63) is 242 Å². The van der Waals surface area contributed by atoms with Gasteiger partial charge >= 0.3 is 21.1 Å². The second kappa shape index (κ2) is 17.2. The average molecular weight is 993 g/mol. The monoisotopic (exact) mass is 992 g/mol.